The molecule has 15 nitrogen and oxygen atoms in total. The molecule has 1 aromatic heterocycles. The number of carbonyl (C=O) groups excluding carboxylic acids is 4. The maximum Gasteiger partial charge on any atom is 0.328 e. The minimum absolute atomic E-state index is 0.0436. The van der Waals surface area contributed by atoms with E-state index >= 15 is 0 Å². The molecule has 264 valence electrons. The van der Waals surface area contributed by atoms with Gasteiger partial charge in [-0.15, -0.1) is 0 Å². The van der Waals surface area contributed by atoms with Gasteiger partial charge in [-0.25, -0.2) is 4.79 Å². The van der Waals surface area contributed by atoms with Crippen molar-refractivity contribution in [3.05, 3.63) is 65.4 Å². The molecular weight excluding hydrogens is 640 g/mol. The standard InChI is InChI=1S/C34H42N4O11/c1-16(40)35-22(34(46)48-4)13-20-18-9-6-8-12-24(18)38(33-32(45)31(44)30(43)25(14-39)49-33)28(20)27-26(19-10-5-7-11-21(19)37-27)29(42)23(15-47-3)36-17(2)41/h5-12,20,22-23,25,28,30-33,37,39,43-45H,13-15H2,1-4H3,(H,35,40)(H,36,41)/t20-,22-,23-,25+,28?,30+,31-,32+,33+/m0/s1. The highest BCUT2D eigenvalue weighted by atomic mass is 16.6. The average molecular weight is 683 g/mol. The van der Waals surface area contributed by atoms with Crippen LogP contribution < -0.4 is 15.5 Å². The van der Waals surface area contributed by atoms with Gasteiger partial charge >= 0.3 is 5.97 Å². The predicted molar refractivity (Wildman–Crippen MR) is 175 cm³/mol. The zero-order chi connectivity index (χ0) is 35.6. The Balaban J connectivity index is 1.78. The van der Waals surface area contributed by atoms with Crippen LogP contribution in [0, 0.1) is 0 Å². The third-order valence-corrected chi connectivity index (χ3v) is 9.09. The molecule has 0 radical (unpaired) electrons. The quantitative estimate of drug-likeness (QED) is 0.0993. The number of carbonyl (C=O) groups is 4. The number of Topliss-reactive ketones (excluding diaryl/α,β-unsaturated/α-hetero) is 1. The van der Waals surface area contributed by atoms with Crippen molar-refractivity contribution < 1.29 is 53.8 Å². The Hall–Kier alpha value is -4.38. The zero-order valence-electron chi connectivity index (χ0n) is 27.5. The lowest BCUT2D eigenvalue weighted by Gasteiger charge is -2.46. The maximum atomic E-state index is 14.5. The molecule has 0 saturated carbocycles. The normalized spacial score (nSPS) is 26.1. The van der Waals surface area contributed by atoms with E-state index in [2.05, 4.69) is 15.6 Å². The van der Waals surface area contributed by atoms with Gasteiger partial charge in [0.1, 0.15) is 36.5 Å². The Bertz CT molecular complexity index is 1690. The molecule has 3 aromatic rings. The smallest absolute Gasteiger partial charge is 0.328 e. The third kappa shape index (κ3) is 6.90. The zero-order valence-corrected chi connectivity index (χ0v) is 27.5. The monoisotopic (exact) mass is 682 g/mol. The fraction of sp³-hybridized carbons (Fsp3) is 0.471. The van der Waals surface area contributed by atoms with Crippen LogP contribution in [0.5, 0.6) is 0 Å². The fourth-order valence-electron chi connectivity index (χ4n) is 7.03. The molecule has 3 heterocycles. The molecule has 0 bridgehead atoms. The van der Waals surface area contributed by atoms with E-state index in [1.165, 1.54) is 28.1 Å². The van der Waals surface area contributed by atoms with E-state index in [-0.39, 0.29) is 18.6 Å². The van der Waals surface area contributed by atoms with Crippen molar-refractivity contribution in [3.8, 4) is 0 Å². The van der Waals surface area contributed by atoms with Crippen LogP contribution in [0.2, 0.25) is 0 Å². The number of ether oxygens (including phenoxy) is 3. The Morgan fingerprint density at radius 1 is 0.918 bits per heavy atom. The van der Waals surface area contributed by atoms with Crippen LogP contribution >= 0.6 is 0 Å². The van der Waals surface area contributed by atoms with Crippen LogP contribution in [0.1, 0.15) is 53.8 Å². The number of hydrogen-bond donors (Lipinski definition) is 7. The number of fused-ring (bicyclic) bond motifs is 2. The minimum atomic E-state index is -1.72. The van der Waals surface area contributed by atoms with E-state index in [9.17, 15) is 39.6 Å². The molecule has 15 heteroatoms. The number of aromatic nitrogens is 1. The van der Waals surface area contributed by atoms with Crippen molar-refractivity contribution in [1.82, 2.24) is 15.6 Å². The predicted octanol–water partition coefficient (Wildman–Crippen LogP) is 0.0143. The van der Waals surface area contributed by atoms with E-state index in [1.54, 1.807) is 53.4 Å². The summed E-state index contributed by atoms with van der Waals surface area (Å²) in [6.07, 6.45) is -7.75. The molecule has 7 N–H and O–H groups in total. The number of aliphatic hydroxyl groups is 4. The number of aliphatic hydroxyl groups excluding tert-OH is 4. The number of benzene rings is 2. The molecule has 1 saturated heterocycles. The van der Waals surface area contributed by atoms with Gasteiger partial charge < -0.3 is 55.2 Å². The Morgan fingerprint density at radius 3 is 2.22 bits per heavy atom. The van der Waals surface area contributed by atoms with Gasteiger partial charge in [-0.2, -0.15) is 0 Å². The summed E-state index contributed by atoms with van der Waals surface area (Å²) in [5.41, 5.74) is 2.23. The molecule has 1 fully saturated rings. The van der Waals surface area contributed by atoms with Crippen LogP contribution in [-0.4, -0.2) is 119 Å². The van der Waals surface area contributed by atoms with Gasteiger partial charge in [0.05, 0.1) is 37.6 Å². The largest absolute Gasteiger partial charge is 0.467 e. The van der Waals surface area contributed by atoms with Crippen LogP contribution in [0.15, 0.2) is 48.5 Å². The van der Waals surface area contributed by atoms with E-state index in [0.29, 0.717) is 27.8 Å². The van der Waals surface area contributed by atoms with Crippen LogP contribution in [-0.2, 0) is 28.6 Å². The van der Waals surface area contributed by atoms with Gasteiger partial charge in [0.25, 0.3) is 0 Å². The molecule has 1 unspecified atom stereocenters. The van der Waals surface area contributed by atoms with Crippen LogP contribution in [0.25, 0.3) is 10.9 Å². The summed E-state index contributed by atoms with van der Waals surface area (Å²) in [4.78, 5) is 57.0. The molecule has 0 spiro atoms. The van der Waals surface area contributed by atoms with Crippen molar-refractivity contribution in [2.45, 2.75) is 75.0 Å². The van der Waals surface area contributed by atoms with Crippen molar-refractivity contribution >= 4 is 40.2 Å². The SMILES string of the molecule is COC[C@H](NC(C)=O)C(=O)c1c(C2[C@@H](C[C@H](NC(C)=O)C(=O)OC)c3ccccc3N2[C@@H]2O[C@H](CO)[C@@H](O)[C@H](O)[C@H]2O)[nH]c2ccccc12. The summed E-state index contributed by atoms with van der Waals surface area (Å²) >= 11 is 0. The highest BCUT2D eigenvalue weighted by Crippen LogP contribution is 2.54. The number of nitrogens with one attached hydrogen (secondary N) is 3. The number of esters is 1. The van der Waals surface area contributed by atoms with E-state index in [1.807, 2.05) is 0 Å². The number of H-pyrrole nitrogens is 1. The number of nitrogens with zero attached hydrogens (tertiary/aromatic N) is 1. The number of anilines is 1. The summed E-state index contributed by atoms with van der Waals surface area (Å²) in [5.74, 6) is -2.85. The maximum absolute atomic E-state index is 14.5. The molecule has 0 aliphatic carbocycles. The van der Waals surface area contributed by atoms with E-state index < -0.39 is 84.9 Å². The molecular formula is C34H42N4O11. The molecule has 2 aromatic carbocycles. The van der Waals surface area contributed by atoms with Gasteiger partial charge in [-0.3, -0.25) is 14.4 Å². The summed E-state index contributed by atoms with van der Waals surface area (Å²) < 4.78 is 16.4. The van der Waals surface area contributed by atoms with Crippen molar-refractivity contribution in [2.24, 2.45) is 0 Å². The summed E-state index contributed by atoms with van der Waals surface area (Å²) in [5, 5.41) is 48.8. The molecule has 2 aliphatic heterocycles. The van der Waals surface area contributed by atoms with Gasteiger partial charge in [-0.1, -0.05) is 36.4 Å². The summed E-state index contributed by atoms with van der Waals surface area (Å²) in [7, 11) is 2.60. The third-order valence-electron chi connectivity index (χ3n) is 9.09. The number of amides is 2. The highest BCUT2D eigenvalue weighted by molar-refractivity contribution is 6.12. The van der Waals surface area contributed by atoms with Crippen molar-refractivity contribution in [2.75, 3.05) is 32.3 Å². The minimum Gasteiger partial charge on any atom is -0.467 e. The average Bonchev–Trinajstić information content (AvgIpc) is 3.61. The van der Waals surface area contributed by atoms with Crippen LogP contribution in [0.3, 0.4) is 0 Å². The molecule has 2 aliphatic rings. The molecule has 5 rings (SSSR count). The molecule has 9 atom stereocenters. The first-order valence-electron chi connectivity index (χ1n) is 15.9. The number of para-hydroxylation sites is 2. The second kappa shape index (κ2) is 15.0. The van der Waals surface area contributed by atoms with Gasteiger partial charge in [-0.05, 0) is 24.1 Å². The van der Waals surface area contributed by atoms with Crippen molar-refractivity contribution in [1.29, 1.82) is 0 Å². The first kappa shape index (κ1) is 35.9. The lowest BCUT2D eigenvalue weighted by Crippen LogP contribution is -2.63. The number of aromatic amines is 1. The Labute approximate surface area is 282 Å². The highest BCUT2D eigenvalue weighted by Gasteiger charge is 2.53. The van der Waals surface area contributed by atoms with Crippen molar-refractivity contribution in [3.63, 3.8) is 0 Å². The summed E-state index contributed by atoms with van der Waals surface area (Å²) in [6, 6.07) is 10.9. The van der Waals surface area contributed by atoms with E-state index in [0.717, 1.165) is 0 Å². The lowest BCUT2D eigenvalue weighted by atomic mass is 9.84. The van der Waals surface area contributed by atoms with Gasteiger partial charge in [0, 0.05) is 43.5 Å². The number of rotatable bonds is 12. The first-order valence-corrected chi connectivity index (χ1v) is 15.9. The molecule has 49 heavy (non-hydrogen) atoms. The Morgan fingerprint density at radius 2 is 1.57 bits per heavy atom. The van der Waals surface area contributed by atoms with Crippen LogP contribution in [0.4, 0.5) is 5.69 Å². The Kier molecular flexibility index (Phi) is 11.0. The lowest BCUT2D eigenvalue weighted by molar-refractivity contribution is -0.230. The topological polar surface area (TPSA) is 220 Å². The molecule has 2 amide bonds. The first-order chi connectivity index (χ1) is 23.4. The fourth-order valence-corrected chi connectivity index (χ4v) is 7.03. The van der Waals surface area contributed by atoms with Gasteiger partial charge in [0.2, 0.25) is 11.8 Å². The second-order valence-corrected chi connectivity index (χ2v) is 12.3. The van der Waals surface area contributed by atoms with Gasteiger partial charge in [0.15, 0.2) is 12.0 Å². The second-order valence-electron chi connectivity index (χ2n) is 12.3. The summed E-state index contributed by atoms with van der Waals surface area (Å²) in [6.45, 7) is 1.73. The number of methoxy groups -OCH3 is 2. The van der Waals surface area contributed by atoms with E-state index in [4.69, 9.17) is 14.2 Å². The number of hydrogen-bond acceptors (Lipinski definition) is 12. The number of ketones is 1.